The van der Waals surface area contributed by atoms with Gasteiger partial charge in [-0.15, -0.1) is 0 Å². The predicted octanol–water partition coefficient (Wildman–Crippen LogP) is 3.45. The summed E-state index contributed by atoms with van der Waals surface area (Å²) in [6, 6.07) is 13.6. The lowest BCUT2D eigenvalue weighted by molar-refractivity contribution is 0.0904. The van der Waals surface area contributed by atoms with Gasteiger partial charge >= 0.3 is 0 Å². The van der Waals surface area contributed by atoms with Crippen molar-refractivity contribution in [3.05, 3.63) is 89.5 Å². The van der Waals surface area contributed by atoms with E-state index in [9.17, 15) is 30.7 Å². The summed E-state index contributed by atoms with van der Waals surface area (Å²) >= 11 is 0. The van der Waals surface area contributed by atoms with Gasteiger partial charge in [-0.25, -0.2) is 25.6 Å². The van der Waals surface area contributed by atoms with Gasteiger partial charge in [0.25, 0.3) is 0 Å². The molecule has 0 bridgehead atoms. The van der Waals surface area contributed by atoms with Crippen molar-refractivity contribution in [3.63, 3.8) is 0 Å². The molecule has 0 aromatic heterocycles. The zero-order valence-electron chi connectivity index (χ0n) is 22.7. The van der Waals surface area contributed by atoms with Crippen LogP contribution in [0.3, 0.4) is 0 Å². The largest absolute Gasteiger partial charge is 0.487 e. The van der Waals surface area contributed by atoms with Crippen LogP contribution in [0, 0.1) is 29.4 Å². The van der Waals surface area contributed by atoms with Gasteiger partial charge < -0.3 is 9.84 Å². The number of rotatable bonds is 6. The Morgan fingerprint density at radius 1 is 1.02 bits per heavy atom. The summed E-state index contributed by atoms with van der Waals surface area (Å²) in [5.74, 6) is 4.32. The number of hydrogen-bond donors (Lipinski definition) is 1. The smallest absolute Gasteiger partial charge is 0.247 e. The first-order valence-corrected chi connectivity index (χ1v) is 15.6. The number of sulfonamides is 2. The second kappa shape index (κ2) is 12.3. The number of fused-ring (bicyclic) bond motifs is 1. The molecule has 0 unspecified atom stereocenters. The maximum absolute atomic E-state index is 13.7. The van der Waals surface area contributed by atoms with Crippen LogP contribution in [-0.2, 0) is 20.0 Å². The van der Waals surface area contributed by atoms with Crippen LogP contribution in [0.5, 0.6) is 5.75 Å². The van der Waals surface area contributed by atoms with Crippen molar-refractivity contribution < 1.29 is 35.5 Å². The molecule has 3 atom stereocenters. The minimum atomic E-state index is -4.11. The van der Waals surface area contributed by atoms with Crippen molar-refractivity contribution in [1.29, 1.82) is 0 Å². The average molecular weight is 605 g/mol. The number of halogens is 2. The first-order chi connectivity index (χ1) is 19.3. The van der Waals surface area contributed by atoms with Crippen LogP contribution in [0.1, 0.15) is 25.0 Å². The van der Waals surface area contributed by atoms with E-state index >= 15 is 0 Å². The lowest BCUT2D eigenvalue weighted by atomic mass is 10.0. The SMILES string of the molecule is C[C@H](CO)N1C[C@H](C)[C@@H](CN(C)S(=O)(=O)c2ccc(F)cc2)Oc2cc(C#Cc3ccc(F)cc3)ccc2S1(=O)=O. The molecule has 0 saturated carbocycles. The zero-order valence-corrected chi connectivity index (χ0v) is 24.3. The second-order valence-corrected chi connectivity index (χ2v) is 13.8. The lowest BCUT2D eigenvalue weighted by Gasteiger charge is -2.37. The number of ether oxygens (including phenoxy) is 1. The molecule has 1 N–H and O–H groups in total. The van der Waals surface area contributed by atoms with Gasteiger partial charge in [0.1, 0.15) is 28.4 Å². The van der Waals surface area contributed by atoms with Gasteiger partial charge in [-0.3, -0.25) is 0 Å². The minimum Gasteiger partial charge on any atom is -0.487 e. The van der Waals surface area contributed by atoms with Crippen molar-refractivity contribution in [2.45, 2.75) is 35.8 Å². The first kappa shape index (κ1) is 30.6. The van der Waals surface area contributed by atoms with E-state index in [1.807, 2.05) is 0 Å². The fraction of sp³-hybridized carbons (Fsp3) is 0.310. The molecule has 1 heterocycles. The summed E-state index contributed by atoms with van der Waals surface area (Å²) in [6.45, 7) is 2.71. The first-order valence-electron chi connectivity index (χ1n) is 12.8. The zero-order chi connectivity index (χ0) is 29.9. The standard InChI is InChI=1S/C29H30F2N2O6S2/c1-20-17-33(21(2)19-34)41(37,38)29-15-8-23(5-4-22-6-9-24(30)10-7-22)16-27(29)39-28(20)18-32(3)40(35,36)26-13-11-25(31)12-14-26/h6-16,20-21,28,34H,17-19H2,1-3H3/t20-,21+,28+/m0/s1. The number of likely N-dealkylation sites (N-methyl/N-ethyl adjacent to an activating group) is 1. The maximum atomic E-state index is 13.7. The Morgan fingerprint density at radius 2 is 1.59 bits per heavy atom. The molecule has 3 aromatic rings. The van der Waals surface area contributed by atoms with E-state index in [0.29, 0.717) is 11.1 Å². The molecular formula is C29H30F2N2O6S2. The molecule has 0 spiro atoms. The number of benzene rings is 3. The van der Waals surface area contributed by atoms with Crippen LogP contribution in [0.2, 0.25) is 0 Å². The van der Waals surface area contributed by atoms with Gasteiger partial charge in [0.05, 0.1) is 18.0 Å². The molecule has 1 aliphatic rings. The number of aliphatic hydroxyl groups is 1. The highest BCUT2D eigenvalue weighted by molar-refractivity contribution is 7.89. The van der Waals surface area contributed by atoms with Crippen LogP contribution < -0.4 is 4.74 Å². The van der Waals surface area contributed by atoms with E-state index in [1.54, 1.807) is 13.8 Å². The molecule has 0 radical (unpaired) electrons. The van der Waals surface area contributed by atoms with E-state index in [4.69, 9.17) is 4.74 Å². The van der Waals surface area contributed by atoms with Crippen LogP contribution >= 0.6 is 0 Å². The van der Waals surface area contributed by atoms with E-state index in [-0.39, 0.29) is 28.6 Å². The van der Waals surface area contributed by atoms with E-state index < -0.39 is 56.4 Å². The Morgan fingerprint density at radius 3 is 2.20 bits per heavy atom. The van der Waals surface area contributed by atoms with Crippen LogP contribution in [-0.4, -0.2) is 69.4 Å². The van der Waals surface area contributed by atoms with Crippen LogP contribution in [0.25, 0.3) is 0 Å². The summed E-state index contributed by atoms with van der Waals surface area (Å²) in [5.41, 5.74) is 0.970. The van der Waals surface area contributed by atoms with Gasteiger partial charge in [0.2, 0.25) is 20.0 Å². The average Bonchev–Trinajstić information content (AvgIpc) is 2.94. The lowest BCUT2D eigenvalue weighted by Crippen LogP contribution is -2.50. The maximum Gasteiger partial charge on any atom is 0.247 e. The van der Waals surface area contributed by atoms with Gasteiger partial charge in [-0.05, 0) is 73.7 Å². The van der Waals surface area contributed by atoms with Crippen LogP contribution in [0.15, 0.2) is 76.5 Å². The fourth-order valence-corrected chi connectivity index (χ4v) is 7.35. The molecule has 1 aliphatic heterocycles. The number of hydrogen-bond acceptors (Lipinski definition) is 6. The van der Waals surface area contributed by atoms with E-state index in [0.717, 1.165) is 16.4 Å². The molecule has 3 aromatic carbocycles. The summed E-state index contributed by atoms with van der Waals surface area (Å²) in [5, 5.41) is 9.83. The number of aliphatic hydroxyl groups excluding tert-OH is 1. The quantitative estimate of drug-likeness (QED) is 0.433. The minimum absolute atomic E-state index is 0.0184. The second-order valence-electron chi connectivity index (χ2n) is 9.90. The van der Waals surface area contributed by atoms with Gasteiger partial charge in [0.15, 0.2) is 0 Å². The molecular weight excluding hydrogens is 574 g/mol. The third-order valence-corrected chi connectivity index (χ3v) is 10.7. The highest BCUT2D eigenvalue weighted by Crippen LogP contribution is 2.34. The van der Waals surface area contributed by atoms with E-state index in [1.165, 1.54) is 66.0 Å². The van der Waals surface area contributed by atoms with Crippen molar-refractivity contribution in [2.75, 3.05) is 26.7 Å². The molecule has 0 fully saturated rings. The Hall–Kier alpha value is -3.34. The Bertz CT molecular complexity index is 1670. The third-order valence-electron chi connectivity index (χ3n) is 6.82. The number of nitrogens with zero attached hydrogens (tertiary/aromatic N) is 2. The summed E-state index contributed by atoms with van der Waals surface area (Å²) in [6.07, 6.45) is -0.807. The van der Waals surface area contributed by atoms with Crippen molar-refractivity contribution >= 4 is 20.0 Å². The summed E-state index contributed by atoms with van der Waals surface area (Å²) in [7, 11) is -6.77. The summed E-state index contributed by atoms with van der Waals surface area (Å²) in [4.78, 5) is -0.247. The van der Waals surface area contributed by atoms with Crippen LogP contribution in [0.4, 0.5) is 8.78 Å². The molecule has 12 heteroatoms. The Balaban J connectivity index is 1.74. The molecule has 0 aliphatic carbocycles. The van der Waals surface area contributed by atoms with Gasteiger partial charge in [-0.1, -0.05) is 18.8 Å². The molecule has 4 rings (SSSR count). The highest BCUT2D eigenvalue weighted by Gasteiger charge is 2.39. The monoisotopic (exact) mass is 604 g/mol. The van der Waals surface area contributed by atoms with Crippen molar-refractivity contribution in [2.24, 2.45) is 5.92 Å². The third kappa shape index (κ3) is 6.77. The topological polar surface area (TPSA) is 104 Å². The molecule has 0 amide bonds. The highest BCUT2D eigenvalue weighted by atomic mass is 32.2. The Kier molecular flexibility index (Phi) is 9.16. The summed E-state index contributed by atoms with van der Waals surface area (Å²) < 4.78 is 88.9. The van der Waals surface area contributed by atoms with Gasteiger partial charge in [-0.2, -0.15) is 8.61 Å². The van der Waals surface area contributed by atoms with Crippen molar-refractivity contribution in [1.82, 2.24) is 8.61 Å². The molecule has 8 nitrogen and oxygen atoms in total. The predicted molar refractivity (Wildman–Crippen MR) is 149 cm³/mol. The fourth-order valence-electron chi connectivity index (χ4n) is 4.34. The Labute approximate surface area is 239 Å². The van der Waals surface area contributed by atoms with Crippen molar-refractivity contribution in [3.8, 4) is 17.6 Å². The van der Waals surface area contributed by atoms with E-state index in [2.05, 4.69) is 11.8 Å². The molecule has 218 valence electrons. The van der Waals surface area contributed by atoms with Gasteiger partial charge in [0, 0.05) is 36.7 Å². The normalized spacial score (nSPS) is 19.7. The molecule has 0 saturated heterocycles. The molecule has 41 heavy (non-hydrogen) atoms.